The van der Waals surface area contributed by atoms with Crippen LogP contribution in [0.25, 0.3) is 0 Å². The lowest BCUT2D eigenvalue weighted by molar-refractivity contribution is -0.142. The first-order valence-corrected chi connectivity index (χ1v) is 6.11. The standard InChI is InChI=1S/C14H21NO3/c1-4-11-9-10(6-8-13(11)17-2)5-7-12(15)14(16)18-3/h6,8-9,12H,4-5,7,15H2,1-3H3. The third-order valence-electron chi connectivity index (χ3n) is 2.97. The molecule has 0 aliphatic heterocycles. The molecule has 1 rings (SSSR count). The predicted octanol–water partition coefficient (Wildman–Crippen LogP) is 1.69. The number of carbonyl (C=O) groups excluding carboxylic acids is 1. The zero-order chi connectivity index (χ0) is 13.5. The van der Waals surface area contributed by atoms with E-state index in [9.17, 15) is 4.79 Å². The number of nitrogens with two attached hydrogens (primary N) is 1. The summed E-state index contributed by atoms with van der Waals surface area (Å²) in [5, 5.41) is 0. The third kappa shape index (κ3) is 3.74. The Morgan fingerprint density at radius 1 is 1.39 bits per heavy atom. The Hall–Kier alpha value is -1.55. The number of methoxy groups -OCH3 is 2. The molecule has 0 aliphatic carbocycles. The van der Waals surface area contributed by atoms with Gasteiger partial charge < -0.3 is 15.2 Å². The van der Waals surface area contributed by atoms with E-state index < -0.39 is 6.04 Å². The summed E-state index contributed by atoms with van der Waals surface area (Å²) in [6, 6.07) is 5.50. The quantitative estimate of drug-likeness (QED) is 0.782. The van der Waals surface area contributed by atoms with E-state index in [0.717, 1.165) is 24.2 Å². The minimum Gasteiger partial charge on any atom is -0.496 e. The SMILES string of the molecule is CCc1cc(CCC(N)C(=O)OC)ccc1OC. The van der Waals surface area contributed by atoms with Crippen LogP contribution in [0, 0.1) is 0 Å². The Morgan fingerprint density at radius 2 is 2.11 bits per heavy atom. The average molecular weight is 251 g/mol. The van der Waals surface area contributed by atoms with E-state index >= 15 is 0 Å². The molecule has 1 atom stereocenters. The molecular formula is C14H21NO3. The van der Waals surface area contributed by atoms with E-state index in [4.69, 9.17) is 10.5 Å². The monoisotopic (exact) mass is 251 g/mol. The fourth-order valence-corrected chi connectivity index (χ4v) is 1.86. The zero-order valence-electron chi connectivity index (χ0n) is 11.2. The predicted molar refractivity (Wildman–Crippen MR) is 70.7 cm³/mol. The zero-order valence-corrected chi connectivity index (χ0v) is 11.2. The van der Waals surface area contributed by atoms with Gasteiger partial charge in [-0.2, -0.15) is 0 Å². The van der Waals surface area contributed by atoms with Crippen molar-refractivity contribution >= 4 is 5.97 Å². The van der Waals surface area contributed by atoms with Crippen LogP contribution in [0.4, 0.5) is 0 Å². The maximum absolute atomic E-state index is 11.2. The average Bonchev–Trinajstić information content (AvgIpc) is 2.43. The summed E-state index contributed by atoms with van der Waals surface area (Å²) in [6.45, 7) is 2.09. The van der Waals surface area contributed by atoms with Crippen LogP contribution in [0.2, 0.25) is 0 Å². The fraction of sp³-hybridized carbons (Fsp3) is 0.500. The van der Waals surface area contributed by atoms with Crippen LogP contribution in [-0.4, -0.2) is 26.2 Å². The van der Waals surface area contributed by atoms with E-state index in [1.165, 1.54) is 12.7 Å². The first-order chi connectivity index (χ1) is 8.62. The van der Waals surface area contributed by atoms with Gasteiger partial charge in [-0.25, -0.2) is 0 Å². The molecule has 0 spiro atoms. The molecule has 0 saturated heterocycles. The molecule has 4 nitrogen and oxygen atoms in total. The van der Waals surface area contributed by atoms with Crippen molar-refractivity contribution < 1.29 is 14.3 Å². The van der Waals surface area contributed by atoms with Crippen molar-refractivity contribution in [2.75, 3.05) is 14.2 Å². The maximum Gasteiger partial charge on any atom is 0.322 e. The molecule has 18 heavy (non-hydrogen) atoms. The van der Waals surface area contributed by atoms with Crippen LogP contribution in [0.5, 0.6) is 5.75 Å². The molecule has 1 aromatic rings. The van der Waals surface area contributed by atoms with Crippen molar-refractivity contribution in [2.45, 2.75) is 32.2 Å². The highest BCUT2D eigenvalue weighted by molar-refractivity contribution is 5.75. The van der Waals surface area contributed by atoms with Gasteiger partial charge in [0.25, 0.3) is 0 Å². The number of hydrogen-bond donors (Lipinski definition) is 1. The van der Waals surface area contributed by atoms with Crippen LogP contribution in [0.3, 0.4) is 0 Å². The maximum atomic E-state index is 11.2. The number of benzene rings is 1. The molecule has 2 N–H and O–H groups in total. The number of ether oxygens (including phenoxy) is 2. The normalized spacial score (nSPS) is 12.0. The van der Waals surface area contributed by atoms with Gasteiger partial charge in [-0.1, -0.05) is 19.1 Å². The van der Waals surface area contributed by atoms with Gasteiger partial charge in [0.2, 0.25) is 0 Å². The Morgan fingerprint density at radius 3 is 2.67 bits per heavy atom. The van der Waals surface area contributed by atoms with E-state index in [1.54, 1.807) is 7.11 Å². The summed E-state index contributed by atoms with van der Waals surface area (Å²) in [7, 11) is 3.02. The molecule has 0 radical (unpaired) electrons. The molecule has 0 heterocycles. The van der Waals surface area contributed by atoms with Gasteiger partial charge in [-0.15, -0.1) is 0 Å². The number of aryl methyl sites for hydroxylation is 2. The highest BCUT2D eigenvalue weighted by Gasteiger charge is 2.13. The molecular weight excluding hydrogens is 230 g/mol. The van der Waals surface area contributed by atoms with Crippen molar-refractivity contribution in [3.05, 3.63) is 29.3 Å². The minimum atomic E-state index is -0.554. The minimum absolute atomic E-state index is 0.362. The number of hydrogen-bond acceptors (Lipinski definition) is 4. The smallest absolute Gasteiger partial charge is 0.322 e. The van der Waals surface area contributed by atoms with Gasteiger partial charge >= 0.3 is 5.97 Å². The van der Waals surface area contributed by atoms with E-state index in [-0.39, 0.29) is 5.97 Å². The molecule has 0 aromatic heterocycles. The number of esters is 1. The third-order valence-corrected chi connectivity index (χ3v) is 2.97. The fourth-order valence-electron chi connectivity index (χ4n) is 1.86. The first kappa shape index (κ1) is 14.5. The lowest BCUT2D eigenvalue weighted by atomic mass is 10.0. The first-order valence-electron chi connectivity index (χ1n) is 6.11. The van der Waals surface area contributed by atoms with Gasteiger partial charge in [0.15, 0.2) is 0 Å². The van der Waals surface area contributed by atoms with Crippen LogP contribution >= 0.6 is 0 Å². The lowest BCUT2D eigenvalue weighted by Crippen LogP contribution is -2.31. The Labute approximate surface area is 108 Å². The molecule has 100 valence electrons. The van der Waals surface area contributed by atoms with Crippen molar-refractivity contribution in [2.24, 2.45) is 5.73 Å². The summed E-state index contributed by atoms with van der Waals surface area (Å²) < 4.78 is 9.87. The van der Waals surface area contributed by atoms with Gasteiger partial charge in [-0.3, -0.25) is 4.79 Å². The lowest BCUT2D eigenvalue weighted by Gasteiger charge is -2.11. The summed E-state index contributed by atoms with van der Waals surface area (Å²) in [5.41, 5.74) is 8.03. The van der Waals surface area contributed by atoms with Crippen molar-refractivity contribution in [1.29, 1.82) is 0 Å². The molecule has 1 unspecified atom stereocenters. The number of carbonyl (C=O) groups is 1. The highest BCUT2D eigenvalue weighted by Crippen LogP contribution is 2.21. The summed E-state index contributed by atoms with van der Waals surface area (Å²) in [4.78, 5) is 11.2. The van der Waals surface area contributed by atoms with Crippen LogP contribution in [0.15, 0.2) is 18.2 Å². The summed E-state index contributed by atoms with van der Waals surface area (Å²) in [6.07, 6.45) is 2.26. The van der Waals surface area contributed by atoms with Crippen LogP contribution < -0.4 is 10.5 Å². The summed E-state index contributed by atoms with van der Waals surface area (Å²) in [5.74, 6) is 0.540. The van der Waals surface area contributed by atoms with Crippen LogP contribution in [-0.2, 0) is 22.4 Å². The number of rotatable bonds is 6. The topological polar surface area (TPSA) is 61.6 Å². The van der Waals surface area contributed by atoms with Gasteiger partial charge in [0.05, 0.1) is 14.2 Å². The van der Waals surface area contributed by atoms with Gasteiger partial charge in [-0.05, 0) is 36.5 Å². The van der Waals surface area contributed by atoms with Crippen molar-refractivity contribution in [3.8, 4) is 5.75 Å². The highest BCUT2D eigenvalue weighted by atomic mass is 16.5. The largest absolute Gasteiger partial charge is 0.496 e. The molecule has 0 aliphatic rings. The Kier molecular flexibility index (Phi) is 5.65. The van der Waals surface area contributed by atoms with E-state index in [0.29, 0.717) is 6.42 Å². The van der Waals surface area contributed by atoms with Gasteiger partial charge in [0.1, 0.15) is 11.8 Å². The molecule has 0 amide bonds. The molecule has 0 bridgehead atoms. The van der Waals surface area contributed by atoms with Crippen LogP contribution in [0.1, 0.15) is 24.5 Å². The summed E-state index contributed by atoms with van der Waals surface area (Å²) >= 11 is 0. The second-order valence-electron chi connectivity index (χ2n) is 4.17. The molecule has 0 saturated carbocycles. The van der Waals surface area contributed by atoms with Crippen molar-refractivity contribution in [3.63, 3.8) is 0 Å². The molecule has 1 aromatic carbocycles. The van der Waals surface area contributed by atoms with Gasteiger partial charge in [0, 0.05) is 0 Å². The molecule has 4 heteroatoms. The second-order valence-corrected chi connectivity index (χ2v) is 4.17. The van der Waals surface area contributed by atoms with E-state index in [1.807, 2.05) is 12.1 Å². The van der Waals surface area contributed by atoms with E-state index in [2.05, 4.69) is 17.7 Å². The Bertz CT molecular complexity index is 404. The second kappa shape index (κ2) is 7.01. The molecule has 0 fully saturated rings. The van der Waals surface area contributed by atoms with Crippen molar-refractivity contribution in [1.82, 2.24) is 0 Å². The Balaban J connectivity index is 2.65.